The maximum atomic E-state index is 11.3. The van der Waals surface area contributed by atoms with Crippen molar-refractivity contribution in [2.24, 2.45) is 17.3 Å². The molecule has 3 heteroatoms. The second kappa shape index (κ2) is 5.22. The molecular weight excluding hydrogens is 201 g/mol. The van der Waals surface area contributed by atoms with E-state index >= 15 is 0 Å². The zero-order valence-electron chi connectivity index (χ0n) is 10.4. The molecule has 1 aliphatic carbocycles. The van der Waals surface area contributed by atoms with Crippen molar-refractivity contribution >= 4 is 0 Å². The van der Waals surface area contributed by atoms with E-state index in [0.29, 0.717) is 0 Å². The molecule has 0 aromatic rings. The van der Waals surface area contributed by atoms with Crippen molar-refractivity contribution in [1.82, 2.24) is 0 Å². The monoisotopic (exact) mass is 224 g/mol. The molecule has 0 aromatic heterocycles. The Balaban J connectivity index is 0.000000262. The highest BCUT2D eigenvalue weighted by Crippen LogP contribution is 2.53. The number of alkyl halides is 3. The van der Waals surface area contributed by atoms with Crippen LogP contribution < -0.4 is 0 Å². The van der Waals surface area contributed by atoms with Crippen LogP contribution in [0.3, 0.4) is 0 Å². The summed E-state index contributed by atoms with van der Waals surface area (Å²) in [5.41, 5.74) is 0.717. The molecule has 0 aliphatic heterocycles. The van der Waals surface area contributed by atoms with Gasteiger partial charge in [-0.1, -0.05) is 41.0 Å². The molecule has 0 spiro atoms. The van der Waals surface area contributed by atoms with Gasteiger partial charge in [0.2, 0.25) is 0 Å². The minimum atomic E-state index is -3.98. The Morgan fingerprint density at radius 3 is 1.67 bits per heavy atom. The van der Waals surface area contributed by atoms with E-state index in [0.717, 1.165) is 11.3 Å². The zero-order chi connectivity index (χ0) is 12.3. The lowest BCUT2D eigenvalue weighted by Crippen LogP contribution is -2.10. The average molecular weight is 224 g/mol. The van der Waals surface area contributed by atoms with E-state index in [1.165, 1.54) is 12.8 Å². The van der Waals surface area contributed by atoms with Crippen molar-refractivity contribution in [3.8, 4) is 0 Å². The minimum absolute atomic E-state index is 0.282. The highest BCUT2D eigenvalue weighted by Gasteiger charge is 2.43. The van der Waals surface area contributed by atoms with Gasteiger partial charge in [0, 0.05) is 6.42 Å². The second-order valence-electron chi connectivity index (χ2n) is 5.51. The van der Waals surface area contributed by atoms with E-state index in [2.05, 4.69) is 20.8 Å². The average Bonchev–Trinajstić information content (AvgIpc) is 2.54. The van der Waals surface area contributed by atoms with Crippen molar-refractivity contribution in [2.45, 2.75) is 60.1 Å². The summed E-state index contributed by atoms with van der Waals surface area (Å²) in [5.74, 6) is 0.766. The molecule has 1 fully saturated rings. The third-order valence-electron chi connectivity index (χ3n) is 2.85. The van der Waals surface area contributed by atoms with Crippen molar-refractivity contribution in [2.75, 3.05) is 0 Å². The first-order chi connectivity index (χ1) is 6.58. The summed E-state index contributed by atoms with van der Waals surface area (Å²) in [6, 6.07) is 0. The topological polar surface area (TPSA) is 0 Å². The van der Waals surface area contributed by atoms with E-state index in [1.807, 2.05) is 0 Å². The molecule has 0 bridgehead atoms. The molecule has 1 unspecified atom stereocenters. The van der Waals surface area contributed by atoms with Gasteiger partial charge in [-0.3, -0.25) is 0 Å². The van der Waals surface area contributed by atoms with Gasteiger partial charge < -0.3 is 0 Å². The Hall–Kier alpha value is -0.210. The quantitative estimate of drug-likeness (QED) is 0.616. The standard InChI is InChI=1S/C7H14.C5H9F3/c1-4-6-5-7(6,2)3;1-4(2)3-5(6,7)8/h6H,4-5H2,1-3H3;4H,3H2,1-2H3. The Kier molecular flexibility index (Phi) is 5.15. The predicted octanol–water partition coefficient (Wildman–Crippen LogP) is 5.04. The van der Waals surface area contributed by atoms with Gasteiger partial charge in [0.25, 0.3) is 0 Å². The molecule has 1 rings (SSSR count). The first kappa shape index (κ1) is 14.8. The third kappa shape index (κ3) is 7.69. The summed E-state index contributed by atoms with van der Waals surface area (Å²) in [5, 5.41) is 0. The Bertz CT molecular complexity index is 180. The maximum Gasteiger partial charge on any atom is 0.389 e. The molecule has 0 aromatic carbocycles. The highest BCUT2D eigenvalue weighted by atomic mass is 19.4. The summed E-state index contributed by atoms with van der Waals surface area (Å²) in [6.45, 7) is 10.1. The lowest BCUT2D eigenvalue weighted by Gasteiger charge is -2.07. The molecule has 0 heterocycles. The van der Waals surface area contributed by atoms with Crippen LogP contribution in [0, 0.1) is 17.3 Å². The van der Waals surface area contributed by atoms with E-state index < -0.39 is 12.6 Å². The van der Waals surface area contributed by atoms with Gasteiger partial charge in [-0.2, -0.15) is 13.2 Å². The van der Waals surface area contributed by atoms with Gasteiger partial charge in [-0.25, -0.2) is 0 Å². The summed E-state index contributed by atoms with van der Waals surface area (Å²) in [7, 11) is 0. The SMILES string of the molecule is CC(C)CC(F)(F)F.CCC1CC1(C)C. The minimum Gasteiger partial charge on any atom is -0.171 e. The number of hydrogen-bond acceptors (Lipinski definition) is 0. The third-order valence-corrected chi connectivity index (χ3v) is 2.85. The fourth-order valence-electron chi connectivity index (χ4n) is 1.74. The van der Waals surface area contributed by atoms with Gasteiger partial charge >= 0.3 is 6.18 Å². The van der Waals surface area contributed by atoms with Crippen LogP contribution in [-0.4, -0.2) is 6.18 Å². The van der Waals surface area contributed by atoms with Crippen LogP contribution >= 0.6 is 0 Å². The maximum absolute atomic E-state index is 11.3. The largest absolute Gasteiger partial charge is 0.389 e. The molecule has 92 valence electrons. The Labute approximate surface area is 91.3 Å². The van der Waals surface area contributed by atoms with Gasteiger partial charge in [0.15, 0.2) is 0 Å². The van der Waals surface area contributed by atoms with Crippen molar-refractivity contribution in [3.05, 3.63) is 0 Å². The molecular formula is C12H23F3. The molecule has 0 amide bonds. The van der Waals surface area contributed by atoms with Gasteiger partial charge in [-0.05, 0) is 23.7 Å². The van der Waals surface area contributed by atoms with E-state index in [-0.39, 0.29) is 5.92 Å². The normalized spacial score (nSPS) is 23.4. The molecule has 0 radical (unpaired) electrons. The molecule has 0 nitrogen and oxygen atoms in total. The predicted molar refractivity (Wildman–Crippen MR) is 57.7 cm³/mol. The van der Waals surface area contributed by atoms with E-state index in [1.54, 1.807) is 13.8 Å². The lowest BCUT2D eigenvalue weighted by molar-refractivity contribution is -0.141. The molecule has 0 saturated heterocycles. The molecule has 1 atom stereocenters. The van der Waals surface area contributed by atoms with Gasteiger partial charge in [-0.15, -0.1) is 0 Å². The van der Waals surface area contributed by atoms with Crippen LogP contribution in [-0.2, 0) is 0 Å². The Morgan fingerprint density at radius 1 is 1.27 bits per heavy atom. The Morgan fingerprint density at radius 2 is 1.67 bits per heavy atom. The first-order valence-electron chi connectivity index (χ1n) is 5.65. The molecule has 1 aliphatic rings. The summed E-state index contributed by atoms with van der Waals surface area (Å²) < 4.78 is 33.9. The highest BCUT2D eigenvalue weighted by molar-refractivity contribution is 4.93. The summed E-state index contributed by atoms with van der Waals surface area (Å²) >= 11 is 0. The van der Waals surface area contributed by atoms with Crippen molar-refractivity contribution in [1.29, 1.82) is 0 Å². The fourth-order valence-corrected chi connectivity index (χ4v) is 1.74. The lowest BCUT2D eigenvalue weighted by atomic mass is 10.1. The van der Waals surface area contributed by atoms with Gasteiger partial charge in [0.1, 0.15) is 0 Å². The first-order valence-corrected chi connectivity index (χ1v) is 5.65. The number of rotatable bonds is 2. The fraction of sp³-hybridized carbons (Fsp3) is 1.00. The summed E-state index contributed by atoms with van der Waals surface area (Å²) in [4.78, 5) is 0. The van der Waals surface area contributed by atoms with Crippen LogP contribution in [0.25, 0.3) is 0 Å². The number of halogens is 3. The van der Waals surface area contributed by atoms with Crippen LogP contribution in [0.15, 0.2) is 0 Å². The van der Waals surface area contributed by atoms with Crippen LogP contribution in [0.5, 0.6) is 0 Å². The number of hydrogen-bond donors (Lipinski definition) is 0. The van der Waals surface area contributed by atoms with Gasteiger partial charge in [0.05, 0.1) is 0 Å². The molecule has 15 heavy (non-hydrogen) atoms. The molecule has 1 saturated carbocycles. The molecule has 0 N–H and O–H groups in total. The zero-order valence-corrected chi connectivity index (χ0v) is 10.4. The van der Waals surface area contributed by atoms with Crippen LogP contribution in [0.2, 0.25) is 0 Å². The summed E-state index contributed by atoms with van der Waals surface area (Å²) in [6.07, 6.45) is -1.81. The second-order valence-corrected chi connectivity index (χ2v) is 5.51. The smallest absolute Gasteiger partial charge is 0.171 e. The van der Waals surface area contributed by atoms with Crippen molar-refractivity contribution in [3.63, 3.8) is 0 Å². The van der Waals surface area contributed by atoms with Crippen molar-refractivity contribution < 1.29 is 13.2 Å². The van der Waals surface area contributed by atoms with E-state index in [4.69, 9.17) is 0 Å². The van der Waals surface area contributed by atoms with E-state index in [9.17, 15) is 13.2 Å². The van der Waals surface area contributed by atoms with Crippen LogP contribution in [0.4, 0.5) is 13.2 Å². The van der Waals surface area contributed by atoms with Crippen LogP contribution in [0.1, 0.15) is 53.9 Å².